The highest BCUT2D eigenvalue weighted by Gasteiger charge is 1.96. The van der Waals surface area contributed by atoms with Crippen LogP contribution < -0.4 is 5.32 Å². The first kappa shape index (κ1) is 14.2. The van der Waals surface area contributed by atoms with Gasteiger partial charge in [-0.1, -0.05) is 39.0 Å². The number of hydrogen-bond donors (Lipinski definition) is 1. The van der Waals surface area contributed by atoms with E-state index >= 15 is 0 Å². The van der Waals surface area contributed by atoms with E-state index in [1.54, 1.807) is 0 Å². The standard InChI is InChI=1S/C13H22BrNS/c1-2-3-4-5-6-7-10-15-11-12-8-9-13(14)16-12/h8-9,15H,2-7,10-11H2,1H3. The van der Waals surface area contributed by atoms with Crippen LogP contribution in [0.5, 0.6) is 0 Å². The lowest BCUT2D eigenvalue weighted by Gasteiger charge is -2.03. The van der Waals surface area contributed by atoms with Crippen LogP contribution in [-0.4, -0.2) is 6.54 Å². The maximum absolute atomic E-state index is 3.50. The van der Waals surface area contributed by atoms with Gasteiger partial charge < -0.3 is 5.32 Å². The molecule has 0 aliphatic heterocycles. The lowest BCUT2D eigenvalue weighted by Crippen LogP contribution is -2.13. The minimum Gasteiger partial charge on any atom is -0.312 e. The Morgan fingerprint density at radius 2 is 1.88 bits per heavy atom. The lowest BCUT2D eigenvalue weighted by atomic mass is 10.1. The predicted molar refractivity (Wildman–Crippen MR) is 77.1 cm³/mol. The highest BCUT2D eigenvalue weighted by Crippen LogP contribution is 2.21. The Bertz CT molecular complexity index is 273. The first-order valence-corrected chi connectivity index (χ1v) is 7.89. The second kappa shape index (κ2) is 9.20. The van der Waals surface area contributed by atoms with Crippen LogP contribution in [0.15, 0.2) is 15.9 Å². The van der Waals surface area contributed by atoms with Gasteiger partial charge in [-0.2, -0.15) is 0 Å². The van der Waals surface area contributed by atoms with Crippen molar-refractivity contribution in [2.75, 3.05) is 6.54 Å². The summed E-state index contributed by atoms with van der Waals surface area (Å²) in [5.41, 5.74) is 0. The molecule has 0 amide bonds. The van der Waals surface area contributed by atoms with Gasteiger partial charge in [0.1, 0.15) is 0 Å². The molecule has 0 aromatic carbocycles. The molecule has 16 heavy (non-hydrogen) atoms. The summed E-state index contributed by atoms with van der Waals surface area (Å²) in [6, 6.07) is 4.30. The molecular weight excluding hydrogens is 282 g/mol. The predicted octanol–water partition coefficient (Wildman–Crippen LogP) is 4.96. The van der Waals surface area contributed by atoms with E-state index in [9.17, 15) is 0 Å². The minimum atomic E-state index is 1.02. The van der Waals surface area contributed by atoms with E-state index in [2.05, 4.69) is 40.3 Å². The number of rotatable bonds is 9. The molecule has 0 aliphatic carbocycles. The fraction of sp³-hybridized carbons (Fsp3) is 0.692. The van der Waals surface area contributed by atoms with Crippen LogP contribution in [-0.2, 0) is 6.54 Å². The number of halogens is 1. The number of hydrogen-bond acceptors (Lipinski definition) is 2. The van der Waals surface area contributed by atoms with Gasteiger partial charge in [-0.25, -0.2) is 0 Å². The van der Waals surface area contributed by atoms with Gasteiger partial charge in [0.05, 0.1) is 3.79 Å². The molecule has 1 N–H and O–H groups in total. The Kier molecular flexibility index (Phi) is 8.17. The first-order chi connectivity index (χ1) is 7.83. The van der Waals surface area contributed by atoms with E-state index in [0.717, 1.165) is 13.1 Å². The third-order valence-corrected chi connectivity index (χ3v) is 4.26. The van der Waals surface area contributed by atoms with Crippen molar-refractivity contribution < 1.29 is 0 Å². The summed E-state index contributed by atoms with van der Waals surface area (Å²) < 4.78 is 1.23. The van der Waals surface area contributed by atoms with Crippen LogP contribution in [0.1, 0.15) is 50.3 Å². The average molecular weight is 304 g/mol. The Balaban J connectivity index is 1.88. The average Bonchev–Trinajstić information content (AvgIpc) is 2.68. The van der Waals surface area contributed by atoms with Gasteiger partial charge in [-0.15, -0.1) is 11.3 Å². The van der Waals surface area contributed by atoms with Gasteiger partial charge in [-0.05, 0) is 41.0 Å². The molecular formula is C13H22BrNS. The molecule has 0 fully saturated rings. The molecule has 0 saturated carbocycles. The van der Waals surface area contributed by atoms with Crippen molar-refractivity contribution >= 4 is 27.3 Å². The molecule has 0 bridgehead atoms. The number of thiophene rings is 1. The molecule has 1 nitrogen and oxygen atoms in total. The van der Waals surface area contributed by atoms with Gasteiger partial charge in [-0.3, -0.25) is 0 Å². The molecule has 92 valence electrons. The molecule has 0 saturated heterocycles. The van der Waals surface area contributed by atoms with Crippen molar-refractivity contribution in [3.05, 3.63) is 20.8 Å². The maximum atomic E-state index is 3.50. The fourth-order valence-corrected chi connectivity index (χ4v) is 3.14. The molecule has 1 aromatic heterocycles. The lowest BCUT2D eigenvalue weighted by molar-refractivity contribution is 0.573. The zero-order chi connectivity index (χ0) is 11.6. The van der Waals surface area contributed by atoms with Gasteiger partial charge >= 0.3 is 0 Å². The number of unbranched alkanes of at least 4 members (excludes halogenated alkanes) is 5. The Hall–Kier alpha value is 0.140. The first-order valence-electron chi connectivity index (χ1n) is 6.28. The molecule has 1 aromatic rings. The summed E-state index contributed by atoms with van der Waals surface area (Å²) in [7, 11) is 0. The van der Waals surface area contributed by atoms with Gasteiger partial charge in [0, 0.05) is 11.4 Å². The Morgan fingerprint density at radius 3 is 2.56 bits per heavy atom. The van der Waals surface area contributed by atoms with Crippen LogP contribution in [0.25, 0.3) is 0 Å². The maximum Gasteiger partial charge on any atom is 0.0701 e. The van der Waals surface area contributed by atoms with E-state index < -0.39 is 0 Å². The zero-order valence-electron chi connectivity index (χ0n) is 10.1. The third-order valence-electron chi connectivity index (χ3n) is 2.64. The van der Waals surface area contributed by atoms with Crippen molar-refractivity contribution in [2.45, 2.75) is 52.0 Å². The van der Waals surface area contributed by atoms with E-state index in [1.807, 2.05) is 11.3 Å². The van der Waals surface area contributed by atoms with Crippen LogP contribution in [0, 0.1) is 0 Å². The molecule has 1 rings (SSSR count). The second-order valence-electron chi connectivity index (χ2n) is 4.15. The van der Waals surface area contributed by atoms with Crippen LogP contribution in [0.2, 0.25) is 0 Å². The zero-order valence-corrected chi connectivity index (χ0v) is 12.5. The highest BCUT2D eigenvalue weighted by molar-refractivity contribution is 9.11. The SMILES string of the molecule is CCCCCCCCNCc1ccc(Br)s1. The highest BCUT2D eigenvalue weighted by atomic mass is 79.9. The molecule has 1 heterocycles. The molecule has 3 heteroatoms. The summed E-state index contributed by atoms with van der Waals surface area (Å²) in [6.45, 7) is 4.44. The number of nitrogens with one attached hydrogen (secondary N) is 1. The summed E-state index contributed by atoms with van der Waals surface area (Å²) in [5.74, 6) is 0. The van der Waals surface area contributed by atoms with Gasteiger partial charge in [0.25, 0.3) is 0 Å². The van der Waals surface area contributed by atoms with Crippen LogP contribution in [0.4, 0.5) is 0 Å². The summed E-state index contributed by atoms with van der Waals surface area (Å²) in [6.07, 6.45) is 8.24. The van der Waals surface area contributed by atoms with Gasteiger partial charge in [0.2, 0.25) is 0 Å². The van der Waals surface area contributed by atoms with Crippen molar-refractivity contribution in [1.29, 1.82) is 0 Å². The normalized spacial score (nSPS) is 10.9. The van der Waals surface area contributed by atoms with E-state index in [1.165, 1.54) is 47.2 Å². The van der Waals surface area contributed by atoms with E-state index in [0.29, 0.717) is 0 Å². The fourth-order valence-electron chi connectivity index (χ4n) is 1.69. The third kappa shape index (κ3) is 6.66. The minimum absolute atomic E-state index is 1.02. The van der Waals surface area contributed by atoms with E-state index in [4.69, 9.17) is 0 Å². The van der Waals surface area contributed by atoms with Crippen molar-refractivity contribution in [3.8, 4) is 0 Å². The van der Waals surface area contributed by atoms with Gasteiger partial charge in [0.15, 0.2) is 0 Å². The Morgan fingerprint density at radius 1 is 1.12 bits per heavy atom. The second-order valence-corrected chi connectivity index (χ2v) is 6.70. The summed E-state index contributed by atoms with van der Waals surface area (Å²) in [5, 5.41) is 3.50. The Labute approximate surface area is 112 Å². The largest absolute Gasteiger partial charge is 0.312 e. The molecule has 0 spiro atoms. The molecule has 0 aliphatic rings. The van der Waals surface area contributed by atoms with Crippen molar-refractivity contribution in [3.63, 3.8) is 0 Å². The molecule has 0 unspecified atom stereocenters. The van der Waals surface area contributed by atoms with Crippen LogP contribution >= 0.6 is 27.3 Å². The monoisotopic (exact) mass is 303 g/mol. The van der Waals surface area contributed by atoms with Crippen LogP contribution in [0.3, 0.4) is 0 Å². The van der Waals surface area contributed by atoms with Crippen molar-refractivity contribution in [2.24, 2.45) is 0 Å². The van der Waals surface area contributed by atoms with E-state index in [-0.39, 0.29) is 0 Å². The topological polar surface area (TPSA) is 12.0 Å². The van der Waals surface area contributed by atoms with Crippen molar-refractivity contribution in [1.82, 2.24) is 5.32 Å². The summed E-state index contributed by atoms with van der Waals surface area (Å²) in [4.78, 5) is 1.41. The molecule has 0 radical (unpaired) electrons. The summed E-state index contributed by atoms with van der Waals surface area (Å²) >= 11 is 5.30. The molecule has 0 atom stereocenters. The smallest absolute Gasteiger partial charge is 0.0701 e. The quantitative estimate of drug-likeness (QED) is 0.636.